The molecule has 0 radical (unpaired) electrons. The van der Waals surface area contributed by atoms with Gasteiger partial charge in [-0.1, -0.05) is 0 Å². The first-order chi connectivity index (χ1) is 8.54. The predicted octanol–water partition coefficient (Wildman–Crippen LogP) is -0.837. The van der Waals surface area contributed by atoms with Gasteiger partial charge in [-0.15, -0.1) is 5.10 Å². The fourth-order valence-corrected chi connectivity index (χ4v) is 2.51. The summed E-state index contributed by atoms with van der Waals surface area (Å²) in [5.74, 6) is -0.124. The first-order valence-corrected chi connectivity index (χ1v) is 6.43. The number of sulfonamides is 1. The van der Waals surface area contributed by atoms with Gasteiger partial charge in [0.2, 0.25) is 5.03 Å². The smallest absolute Gasteiger partial charge is 0.283 e. The fraction of sp³-hybridized carbons (Fsp3) is 0.250. The monoisotopic (exact) mass is 269 g/mol. The minimum absolute atomic E-state index is 0.0620. The van der Waals surface area contributed by atoms with Crippen molar-refractivity contribution in [2.75, 3.05) is 4.72 Å². The van der Waals surface area contributed by atoms with E-state index in [1.807, 2.05) is 0 Å². The van der Waals surface area contributed by atoms with Gasteiger partial charge in [-0.3, -0.25) is 5.10 Å². The number of aryl methyl sites for hydroxylation is 1. The van der Waals surface area contributed by atoms with Crippen molar-refractivity contribution >= 4 is 16.0 Å². The molecule has 2 heterocycles. The number of H-pyrrole nitrogens is 1. The van der Waals surface area contributed by atoms with Gasteiger partial charge < -0.3 is 5.73 Å². The minimum Gasteiger partial charge on any atom is -0.326 e. The number of aromatic amines is 1. The summed E-state index contributed by atoms with van der Waals surface area (Å²) in [6.45, 7) is 1.75. The van der Waals surface area contributed by atoms with Crippen LogP contribution in [0.15, 0.2) is 17.4 Å². The van der Waals surface area contributed by atoms with Gasteiger partial charge in [0.15, 0.2) is 0 Å². The maximum absolute atomic E-state index is 12.0. The molecule has 18 heavy (non-hydrogen) atoms. The van der Waals surface area contributed by atoms with Crippen molar-refractivity contribution in [3.05, 3.63) is 23.7 Å². The first kappa shape index (κ1) is 12.4. The Kier molecular flexibility index (Phi) is 3.21. The Balaban J connectivity index is 2.37. The lowest BCUT2D eigenvalue weighted by Gasteiger charge is -2.04. The van der Waals surface area contributed by atoms with Gasteiger partial charge >= 0.3 is 0 Å². The number of rotatable bonds is 4. The highest BCUT2D eigenvalue weighted by molar-refractivity contribution is 7.92. The first-order valence-electron chi connectivity index (χ1n) is 4.95. The predicted molar refractivity (Wildman–Crippen MR) is 61.9 cm³/mol. The number of aromatic nitrogens is 5. The molecule has 2 aromatic rings. The number of nitrogens with one attached hydrogen (secondary N) is 2. The largest absolute Gasteiger partial charge is 0.326 e. The second-order valence-electron chi connectivity index (χ2n) is 3.41. The van der Waals surface area contributed by atoms with Crippen LogP contribution in [0.4, 0.5) is 5.95 Å². The van der Waals surface area contributed by atoms with Crippen LogP contribution in [0.25, 0.3) is 0 Å². The van der Waals surface area contributed by atoms with E-state index in [4.69, 9.17) is 5.73 Å². The van der Waals surface area contributed by atoms with Crippen molar-refractivity contribution in [3.8, 4) is 0 Å². The molecule has 0 atom stereocenters. The number of hydrogen-bond acceptors (Lipinski definition) is 7. The van der Waals surface area contributed by atoms with Crippen molar-refractivity contribution < 1.29 is 8.42 Å². The van der Waals surface area contributed by atoms with Crippen LogP contribution in [0.5, 0.6) is 0 Å². The summed E-state index contributed by atoms with van der Waals surface area (Å²) in [5, 5.41) is 13.2. The molecule has 10 heteroatoms. The van der Waals surface area contributed by atoms with Gasteiger partial charge in [-0.05, 0) is 6.92 Å². The van der Waals surface area contributed by atoms with Crippen molar-refractivity contribution in [1.82, 2.24) is 25.4 Å². The topological polar surface area (TPSA) is 140 Å². The molecular formula is C8H11N7O2S. The van der Waals surface area contributed by atoms with Crippen LogP contribution in [-0.2, 0) is 16.6 Å². The molecule has 4 N–H and O–H groups in total. The average Bonchev–Trinajstić information content (AvgIpc) is 2.72. The highest BCUT2D eigenvalue weighted by Gasteiger charge is 2.24. The van der Waals surface area contributed by atoms with E-state index in [2.05, 4.69) is 30.1 Å². The SMILES string of the molecule is Cc1[nH]nc(S(=O)(=O)Nc2nccnn2)c1CN. The molecule has 0 saturated heterocycles. The normalized spacial score (nSPS) is 11.4. The van der Waals surface area contributed by atoms with Crippen LogP contribution >= 0.6 is 0 Å². The van der Waals surface area contributed by atoms with E-state index in [1.54, 1.807) is 6.92 Å². The molecule has 96 valence electrons. The highest BCUT2D eigenvalue weighted by Crippen LogP contribution is 2.17. The molecule has 0 aliphatic heterocycles. The highest BCUT2D eigenvalue weighted by atomic mass is 32.2. The summed E-state index contributed by atoms with van der Waals surface area (Å²) in [6, 6.07) is 0. The molecule has 0 aliphatic rings. The lowest BCUT2D eigenvalue weighted by Crippen LogP contribution is -2.18. The maximum Gasteiger partial charge on any atom is 0.283 e. The third kappa shape index (κ3) is 2.28. The van der Waals surface area contributed by atoms with Gasteiger partial charge in [0.1, 0.15) is 0 Å². The summed E-state index contributed by atoms with van der Waals surface area (Å²) < 4.78 is 26.2. The second-order valence-corrected chi connectivity index (χ2v) is 5.01. The molecule has 0 spiro atoms. The van der Waals surface area contributed by atoms with Crippen LogP contribution in [0.3, 0.4) is 0 Å². The van der Waals surface area contributed by atoms with E-state index >= 15 is 0 Å². The molecule has 0 fully saturated rings. The Bertz CT molecular complexity index is 637. The molecule has 2 aromatic heterocycles. The van der Waals surface area contributed by atoms with Gasteiger partial charge in [-0.25, -0.2) is 9.71 Å². The maximum atomic E-state index is 12.0. The van der Waals surface area contributed by atoms with Gasteiger partial charge in [0, 0.05) is 17.8 Å². The zero-order chi connectivity index (χ0) is 13.2. The van der Waals surface area contributed by atoms with E-state index in [-0.39, 0.29) is 17.5 Å². The third-order valence-corrected chi connectivity index (χ3v) is 3.50. The van der Waals surface area contributed by atoms with Gasteiger partial charge in [0.05, 0.1) is 12.4 Å². The molecule has 2 rings (SSSR count). The van der Waals surface area contributed by atoms with Crippen molar-refractivity contribution in [1.29, 1.82) is 0 Å². The zero-order valence-electron chi connectivity index (χ0n) is 9.45. The molecule has 0 unspecified atom stereocenters. The Morgan fingerprint density at radius 2 is 2.22 bits per heavy atom. The zero-order valence-corrected chi connectivity index (χ0v) is 10.3. The number of anilines is 1. The second kappa shape index (κ2) is 4.66. The lowest BCUT2D eigenvalue weighted by molar-refractivity contribution is 0.595. The quantitative estimate of drug-likeness (QED) is 0.657. The molecule has 0 aliphatic carbocycles. The molecule has 9 nitrogen and oxygen atoms in total. The lowest BCUT2D eigenvalue weighted by atomic mass is 10.3. The van der Waals surface area contributed by atoms with Gasteiger partial charge in [0.25, 0.3) is 16.0 Å². The summed E-state index contributed by atoms with van der Waals surface area (Å²) in [7, 11) is -3.87. The van der Waals surface area contributed by atoms with Crippen LogP contribution in [0.1, 0.15) is 11.3 Å². The number of hydrogen-bond donors (Lipinski definition) is 3. The van der Waals surface area contributed by atoms with E-state index < -0.39 is 10.0 Å². The van der Waals surface area contributed by atoms with E-state index in [9.17, 15) is 8.42 Å². The summed E-state index contributed by atoms with van der Waals surface area (Å²) in [5.41, 5.74) is 6.51. The third-order valence-electron chi connectivity index (χ3n) is 2.20. The van der Waals surface area contributed by atoms with E-state index in [0.29, 0.717) is 11.3 Å². The Morgan fingerprint density at radius 1 is 1.44 bits per heavy atom. The van der Waals surface area contributed by atoms with Crippen molar-refractivity contribution in [3.63, 3.8) is 0 Å². The molecule has 0 bridgehead atoms. The summed E-state index contributed by atoms with van der Waals surface area (Å²) >= 11 is 0. The van der Waals surface area contributed by atoms with Crippen LogP contribution < -0.4 is 10.5 Å². The van der Waals surface area contributed by atoms with Crippen LogP contribution in [0.2, 0.25) is 0 Å². The Labute approximate surface area is 103 Å². The standard InChI is InChI=1S/C8H11N7O2S/c1-5-6(4-9)7(13-12-5)18(16,17)15-8-10-2-3-11-14-8/h2-3H,4,9H2,1H3,(H,12,13)(H,10,14,15). The number of nitrogens with zero attached hydrogens (tertiary/aromatic N) is 4. The molecule has 0 amide bonds. The molecular weight excluding hydrogens is 258 g/mol. The van der Waals surface area contributed by atoms with E-state index in [1.165, 1.54) is 12.4 Å². The Morgan fingerprint density at radius 3 is 2.83 bits per heavy atom. The van der Waals surface area contributed by atoms with E-state index in [0.717, 1.165) is 0 Å². The van der Waals surface area contributed by atoms with Gasteiger partial charge in [-0.2, -0.15) is 18.6 Å². The van der Waals surface area contributed by atoms with Crippen molar-refractivity contribution in [2.24, 2.45) is 5.73 Å². The molecule has 0 aromatic carbocycles. The average molecular weight is 269 g/mol. The minimum atomic E-state index is -3.87. The molecule has 0 saturated carbocycles. The summed E-state index contributed by atoms with van der Waals surface area (Å²) in [4.78, 5) is 3.72. The fourth-order valence-electron chi connectivity index (χ4n) is 1.36. The van der Waals surface area contributed by atoms with Crippen LogP contribution in [-0.4, -0.2) is 33.8 Å². The Hall–Kier alpha value is -2.07. The van der Waals surface area contributed by atoms with Crippen molar-refractivity contribution in [2.45, 2.75) is 18.5 Å². The number of nitrogens with two attached hydrogens (primary N) is 1. The van der Waals surface area contributed by atoms with Crippen LogP contribution in [0, 0.1) is 6.92 Å². The summed E-state index contributed by atoms with van der Waals surface area (Å²) in [6.07, 6.45) is 2.66.